The Morgan fingerprint density at radius 1 is 1.21 bits per heavy atom. The minimum atomic E-state index is -4.44. The van der Waals surface area contributed by atoms with E-state index in [1.807, 2.05) is 11.8 Å². The summed E-state index contributed by atoms with van der Waals surface area (Å²) in [5.41, 5.74) is 0.820. The normalized spacial score (nSPS) is 19.1. The monoisotopic (exact) mass is 556 g/mol. The number of anilines is 2. The summed E-state index contributed by atoms with van der Waals surface area (Å²) in [6.45, 7) is 3.06. The number of alkyl halides is 3. The van der Waals surface area contributed by atoms with Crippen LogP contribution in [0, 0.1) is 0 Å². The van der Waals surface area contributed by atoms with E-state index in [1.54, 1.807) is 17.2 Å². The molecule has 4 rings (SSSR count). The Hall–Kier alpha value is -2.52. The molecule has 12 heteroatoms. The number of hydrogen-bond donors (Lipinski definition) is 0. The number of nitrogens with zero attached hydrogens (tertiary/aromatic N) is 4. The first-order valence-electron chi connectivity index (χ1n) is 10.6. The molecule has 0 radical (unpaired) electrons. The fraction of sp³-hybridized carbons (Fsp3) is 0.364. The second kappa shape index (κ2) is 9.26. The van der Waals surface area contributed by atoms with E-state index in [-0.39, 0.29) is 10.9 Å². The summed E-state index contributed by atoms with van der Waals surface area (Å²) < 4.78 is 70.7. The van der Waals surface area contributed by atoms with E-state index < -0.39 is 21.6 Å². The van der Waals surface area contributed by atoms with Crippen molar-refractivity contribution >= 4 is 44.2 Å². The van der Waals surface area contributed by atoms with E-state index in [9.17, 15) is 21.6 Å². The van der Waals surface area contributed by atoms with Gasteiger partial charge in [0.2, 0.25) is 0 Å². The molecular weight excluding hydrogens is 532 g/mol. The van der Waals surface area contributed by atoms with Crippen LogP contribution in [0.5, 0.6) is 0 Å². The first kappa shape index (κ1) is 24.6. The van der Waals surface area contributed by atoms with Gasteiger partial charge in [0.15, 0.2) is 0 Å². The number of aliphatic imine (C=N–C) groups is 1. The van der Waals surface area contributed by atoms with Gasteiger partial charge in [0, 0.05) is 0 Å². The predicted octanol–water partition coefficient (Wildman–Crippen LogP) is 2.84. The number of amidine groups is 1. The van der Waals surface area contributed by atoms with Crippen molar-refractivity contribution in [3.05, 3.63) is 58.2 Å². The van der Waals surface area contributed by atoms with Crippen molar-refractivity contribution in [2.45, 2.75) is 30.5 Å². The second-order valence-corrected chi connectivity index (χ2v) is 11.1. The van der Waals surface area contributed by atoms with Crippen LogP contribution in [-0.4, -0.2) is 68.3 Å². The van der Waals surface area contributed by atoms with Crippen molar-refractivity contribution in [2.75, 3.05) is 35.8 Å². The average molecular weight is 556 g/mol. The van der Waals surface area contributed by atoms with Crippen LogP contribution >= 0.6 is 0 Å². The van der Waals surface area contributed by atoms with Crippen molar-refractivity contribution in [2.24, 2.45) is 4.99 Å². The van der Waals surface area contributed by atoms with Gasteiger partial charge in [0.05, 0.1) is 0 Å². The van der Waals surface area contributed by atoms with Crippen LogP contribution in [0.15, 0.2) is 62.5 Å². The van der Waals surface area contributed by atoms with E-state index >= 15 is 0 Å². The summed E-state index contributed by atoms with van der Waals surface area (Å²) in [6, 6.07) is 7.99. The molecule has 1 fully saturated rings. The number of rotatable bonds is 4. The molecule has 182 valence electrons. The van der Waals surface area contributed by atoms with Crippen LogP contribution < -0.4 is 9.80 Å². The molecule has 0 aliphatic carbocycles. The van der Waals surface area contributed by atoms with Gasteiger partial charge in [-0.2, -0.15) is 0 Å². The van der Waals surface area contributed by atoms with Crippen LogP contribution in [0.2, 0.25) is 0 Å². The van der Waals surface area contributed by atoms with Gasteiger partial charge in [0.25, 0.3) is 0 Å². The molecule has 3 heterocycles. The quantitative estimate of drug-likeness (QED) is 0.540. The molecule has 2 unspecified atom stereocenters. The predicted molar refractivity (Wildman–Crippen MR) is 127 cm³/mol. The number of piperidine rings is 1. The molecule has 2 aliphatic rings. The summed E-state index contributed by atoms with van der Waals surface area (Å²) in [6.07, 6.45) is -1.14. The van der Waals surface area contributed by atoms with Gasteiger partial charge in [-0.05, 0) is 0 Å². The average Bonchev–Trinajstić information content (AvgIpc) is 2.78. The van der Waals surface area contributed by atoms with Gasteiger partial charge in [-0.15, -0.1) is 0 Å². The molecule has 1 aromatic heterocycles. The summed E-state index contributed by atoms with van der Waals surface area (Å²) in [5.74, 6) is 0.361. The Bertz CT molecular complexity index is 1250. The number of aromatic nitrogens is 1. The van der Waals surface area contributed by atoms with Gasteiger partial charge in [-0.3, -0.25) is 0 Å². The van der Waals surface area contributed by atoms with Crippen LogP contribution in [0.1, 0.15) is 18.9 Å². The first-order chi connectivity index (χ1) is 16.0. The molecule has 2 aliphatic heterocycles. The zero-order valence-electron chi connectivity index (χ0n) is 18.6. The Morgan fingerprint density at radius 2 is 1.91 bits per heavy atom. The number of hydrogen-bond acceptors (Lipinski definition) is 7. The summed E-state index contributed by atoms with van der Waals surface area (Å²) >= 11 is 1.34. The topological polar surface area (TPSA) is 75.1 Å². The number of ether oxygens (including phenoxy) is 1. The zero-order chi connectivity index (χ0) is 24.7. The van der Waals surface area contributed by atoms with E-state index in [0.717, 1.165) is 28.4 Å². The Balaban J connectivity index is 1.75. The van der Waals surface area contributed by atoms with Crippen molar-refractivity contribution in [3.63, 3.8) is 0 Å². The summed E-state index contributed by atoms with van der Waals surface area (Å²) in [5, 5.41) is 0. The standard InChI is InChI=1S/C22H24AsF3N4O3S/c1-3-33-21-28-19(23)16-10-12-29(20-18(34(2,31)32)5-4-11-27-20)13-17(16)30(21)15-8-6-14(7-9-15)22(24,25)26/h4-9,11,17H,3,10,12-13,23H2,1-2H3. The molecular formula is C22H24AsF3N4O3S. The molecule has 34 heavy (non-hydrogen) atoms. The maximum atomic E-state index is 13.1. The summed E-state index contributed by atoms with van der Waals surface area (Å²) in [4.78, 5) is 12.8. The van der Waals surface area contributed by atoms with Crippen molar-refractivity contribution in [1.29, 1.82) is 0 Å². The van der Waals surface area contributed by atoms with Gasteiger partial charge in [-0.1, -0.05) is 0 Å². The molecule has 0 bridgehead atoms. The maximum absolute atomic E-state index is 13.1. The summed E-state index contributed by atoms with van der Waals surface area (Å²) in [7, 11) is -3.51. The molecule has 2 aromatic rings. The number of sulfone groups is 1. The van der Waals surface area contributed by atoms with Crippen LogP contribution in [0.4, 0.5) is 24.7 Å². The number of pyridine rings is 1. The molecule has 7 nitrogen and oxygen atoms in total. The first-order valence-corrected chi connectivity index (χ1v) is 13.7. The zero-order valence-corrected chi connectivity index (χ0v) is 21.8. The Kier molecular flexibility index (Phi) is 6.70. The Labute approximate surface area is 204 Å². The van der Waals surface area contributed by atoms with Crippen LogP contribution in [0.25, 0.3) is 0 Å². The van der Waals surface area contributed by atoms with Crippen LogP contribution in [-0.2, 0) is 20.8 Å². The minimum absolute atomic E-state index is 0.138. The SMILES string of the molecule is CCOC1=NC([AsH2])=C2CCN(c3ncccc3S(C)(=O)=O)CC2N1c1ccc(C(F)(F)F)cc1. The van der Waals surface area contributed by atoms with Crippen molar-refractivity contribution < 1.29 is 26.3 Å². The van der Waals surface area contributed by atoms with Gasteiger partial charge in [-0.25, -0.2) is 0 Å². The molecule has 1 aromatic carbocycles. The van der Waals surface area contributed by atoms with E-state index in [1.165, 1.54) is 35.1 Å². The molecule has 0 N–H and O–H groups in total. The fourth-order valence-electron chi connectivity index (χ4n) is 4.16. The van der Waals surface area contributed by atoms with E-state index in [4.69, 9.17) is 4.74 Å². The third-order valence-corrected chi connectivity index (χ3v) is 7.87. The molecule has 0 spiro atoms. The van der Waals surface area contributed by atoms with Gasteiger partial charge < -0.3 is 0 Å². The molecule has 2 atom stereocenters. The van der Waals surface area contributed by atoms with Gasteiger partial charge in [0.1, 0.15) is 0 Å². The molecule has 1 saturated heterocycles. The van der Waals surface area contributed by atoms with Crippen molar-refractivity contribution in [1.82, 2.24) is 4.98 Å². The van der Waals surface area contributed by atoms with Gasteiger partial charge >= 0.3 is 205 Å². The second-order valence-electron chi connectivity index (χ2n) is 7.96. The van der Waals surface area contributed by atoms with Crippen LogP contribution in [0.3, 0.4) is 0 Å². The molecule has 0 amide bonds. The Morgan fingerprint density at radius 3 is 2.53 bits per heavy atom. The third kappa shape index (κ3) is 4.81. The third-order valence-electron chi connectivity index (χ3n) is 5.71. The number of benzene rings is 1. The number of halogens is 3. The fourth-order valence-corrected chi connectivity index (χ4v) is 5.94. The molecule has 0 saturated carbocycles. The van der Waals surface area contributed by atoms with Crippen molar-refractivity contribution in [3.8, 4) is 0 Å². The number of fused-ring (bicyclic) bond motifs is 1. The van der Waals surface area contributed by atoms with E-state index in [2.05, 4.69) is 9.98 Å². The van der Waals surface area contributed by atoms with E-state index in [0.29, 0.717) is 43.6 Å².